The second-order valence-electron chi connectivity index (χ2n) is 5.60. The summed E-state index contributed by atoms with van der Waals surface area (Å²) in [6, 6.07) is 1.72. The number of hydrogen-bond donors (Lipinski definition) is 1. The van der Waals surface area contributed by atoms with Crippen molar-refractivity contribution in [3.8, 4) is 0 Å². The van der Waals surface area contributed by atoms with Gasteiger partial charge < -0.3 is 5.32 Å². The van der Waals surface area contributed by atoms with E-state index in [4.69, 9.17) is 0 Å². The molecule has 0 aromatic rings. The highest BCUT2D eigenvalue weighted by Crippen LogP contribution is 2.30. The predicted molar refractivity (Wildman–Crippen MR) is 69.7 cm³/mol. The summed E-state index contributed by atoms with van der Waals surface area (Å²) < 4.78 is 0. The van der Waals surface area contributed by atoms with Crippen molar-refractivity contribution >= 4 is 0 Å². The summed E-state index contributed by atoms with van der Waals surface area (Å²) in [5, 5.41) is 3.59. The summed E-state index contributed by atoms with van der Waals surface area (Å²) in [7, 11) is 0. The summed E-state index contributed by atoms with van der Waals surface area (Å²) in [5.41, 5.74) is 0. The minimum absolute atomic E-state index is 0.858. The van der Waals surface area contributed by atoms with Crippen LogP contribution in [0.2, 0.25) is 0 Å². The van der Waals surface area contributed by atoms with Crippen molar-refractivity contribution in [2.24, 2.45) is 5.92 Å². The smallest absolute Gasteiger partial charge is 0.0263 e. The third-order valence-corrected chi connectivity index (χ3v) is 4.43. The second kappa shape index (κ2) is 6.02. The molecule has 0 saturated carbocycles. The molecule has 2 unspecified atom stereocenters. The molecule has 2 aliphatic rings. The van der Waals surface area contributed by atoms with Crippen molar-refractivity contribution in [1.29, 1.82) is 0 Å². The van der Waals surface area contributed by atoms with Crippen molar-refractivity contribution < 1.29 is 0 Å². The zero-order valence-electron chi connectivity index (χ0n) is 11.0. The molecule has 2 atom stereocenters. The third-order valence-electron chi connectivity index (χ3n) is 4.43. The van der Waals surface area contributed by atoms with Gasteiger partial charge in [-0.25, -0.2) is 0 Å². The first kappa shape index (κ1) is 12.4. The molecule has 2 saturated heterocycles. The van der Waals surface area contributed by atoms with Crippen LogP contribution in [0.25, 0.3) is 0 Å². The Kier molecular flexibility index (Phi) is 4.66. The molecule has 0 aromatic heterocycles. The van der Waals surface area contributed by atoms with Crippen LogP contribution in [0.1, 0.15) is 52.4 Å². The first-order valence-corrected chi connectivity index (χ1v) is 7.33. The first-order chi connectivity index (χ1) is 7.86. The molecule has 2 nitrogen and oxygen atoms in total. The van der Waals surface area contributed by atoms with Gasteiger partial charge in [0.05, 0.1) is 0 Å². The molecule has 0 spiro atoms. The maximum Gasteiger partial charge on any atom is 0.0263 e. The summed E-state index contributed by atoms with van der Waals surface area (Å²) in [6.07, 6.45) is 8.36. The topological polar surface area (TPSA) is 15.3 Å². The van der Waals surface area contributed by atoms with Gasteiger partial charge in [0.2, 0.25) is 0 Å². The molecule has 2 heteroatoms. The fraction of sp³-hybridized carbons (Fsp3) is 1.00. The molecule has 2 heterocycles. The van der Waals surface area contributed by atoms with Crippen LogP contribution >= 0.6 is 0 Å². The molecular weight excluding hydrogens is 196 g/mol. The van der Waals surface area contributed by atoms with Crippen LogP contribution in [0.3, 0.4) is 0 Å². The molecular formula is C14H28N2. The van der Waals surface area contributed by atoms with Crippen molar-refractivity contribution in [2.75, 3.05) is 19.6 Å². The van der Waals surface area contributed by atoms with E-state index in [-0.39, 0.29) is 0 Å². The van der Waals surface area contributed by atoms with Crippen molar-refractivity contribution in [3.63, 3.8) is 0 Å². The van der Waals surface area contributed by atoms with Crippen LogP contribution in [0.4, 0.5) is 0 Å². The Morgan fingerprint density at radius 3 is 2.62 bits per heavy atom. The Balaban J connectivity index is 1.98. The van der Waals surface area contributed by atoms with E-state index in [1.807, 2.05) is 0 Å². The number of nitrogens with zero attached hydrogens (tertiary/aromatic N) is 1. The summed E-state index contributed by atoms with van der Waals surface area (Å²) >= 11 is 0. The van der Waals surface area contributed by atoms with Gasteiger partial charge in [0.15, 0.2) is 0 Å². The molecule has 2 aliphatic heterocycles. The van der Waals surface area contributed by atoms with E-state index < -0.39 is 0 Å². The molecule has 1 N–H and O–H groups in total. The molecule has 2 fully saturated rings. The third kappa shape index (κ3) is 2.60. The Labute approximate surface area is 101 Å². The van der Waals surface area contributed by atoms with Crippen LogP contribution in [0.15, 0.2) is 0 Å². The number of rotatable bonds is 5. The van der Waals surface area contributed by atoms with Crippen LogP contribution in [0.5, 0.6) is 0 Å². The number of fused-ring (bicyclic) bond motifs is 1. The van der Waals surface area contributed by atoms with Gasteiger partial charge in [0.1, 0.15) is 0 Å². The van der Waals surface area contributed by atoms with Gasteiger partial charge in [-0.1, -0.05) is 26.7 Å². The molecule has 2 rings (SSSR count). The maximum absolute atomic E-state index is 3.59. The van der Waals surface area contributed by atoms with Crippen molar-refractivity contribution in [3.05, 3.63) is 0 Å². The molecule has 0 aliphatic carbocycles. The normalized spacial score (nSPS) is 30.9. The van der Waals surface area contributed by atoms with Crippen LogP contribution < -0.4 is 5.32 Å². The zero-order valence-corrected chi connectivity index (χ0v) is 11.0. The maximum atomic E-state index is 3.59. The Morgan fingerprint density at radius 1 is 1.19 bits per heavy atom. The van der Waals surface area contributed by atoms with Gasteiger partial charge in [-0.15, -0.1) is 0 Å². The SMILES string of the molecule is CCCC(CCC)N1CCCC2CNCC21. The summed E-state index contributed by atoms with van der Waals surface area (Å²) in [4.78, 5) is 2.85. The highest BCUT2D eigenvalue weighted by molar-refractivity contribution is 4.94. The second-order valence-corrected chi connectivity index (χ2v) is 5.60. The lowest BCUT2D eigenvalue weighted by molar-refractivity contribution is 0.0674. The molecule has 0 amide bonds. The van der Waals surface area contributed by atoms with Gasteiger partial charge >= 0.3 is 0 Å². The van der Waals surface area contributed by atoms with Crippen molar-refractivity contribution in [1.82, 2.24) is 10.2 Å². The minimum Gasteiger partial charge on any atom is -0.315 e. The molecule has 0 bridgehead atoms. The number of nitrogens with one attached hydrogen (secondary N) is 1. The van der Waals surface area contributed by atoms with Gasteiger partial charge in [-0.05, 0) is 44.7 Å². The van der Waals surface area contributed by atoms with Gasteiger partial charge in [0, 0.05) is 18.6 Å². The van der Waals surface area contributed by atoms with E-state index in [1.54, 1.807) is 0 Å². The average molecular weight is 224 g/mol. The van der Waals surface area contributed by atoms with E-state index in [2.05, 4.69) is 24.1 Å². The van der Waals surface area contributed by atoms with Gasteiger partial charge in [-0.3, -0.25) is 4.90 Å². The summed E-state index contributed by atoms with van der Waals surface area (Å²) in [5.74, 6) is 0.949. The highest BCUT2D eigenvalue weighted by Gasteiger charge is 2.37. The van der Waals surface area contributed by atoms with E-state index >= 15 is 0 Å². The Morgan fingerprint density at radius 2 is 1.94 bits per heavy atom. The van der Waals surface area contributed by atoms with E-state index in [9.17, 15) is 0 Å². The number of hydrogen-bond acceptors (Lipinski definition) is 2. The van der Waals surface area contributed by atoms with Gasteiger partial charge in [0.25, 0.3) is 0 Å². The molecule has 16 heavy (non-hydrogen) atoms. The summed E-state index contributed by atoms with van der Waals surface area (Å²) in [6.45, 7) is 8.53. The highest BCUT2D eigenvalue weighted by atomic mass is 15.2. The van der Waals surface area contributed by atoms with Crippen LogP contribution in [-0.2, 0) is 0 Å². The Bertz CT molecular complexity index is 199. The van der Waals surface area contributed by atoms with E-state index in [1.165, 1.54) is 58.2 Å². The number of likely N-dealkylation sites (tertiary alicyclic amines) is 1. The Hall–Kier alpha value is -0.0800. The quantitative estimate of drug-likeness (QED) is 0.772. The molecule has 0 aromatic carbocycles. The fourth-order valence-corrected chi connectivity index (χ4v) is 3.70. The van der Waals surface area contributed by atoms with E-state index in [0.29, 0.717) is 0 Å². The molecule has 0 radical (unpaired) electrons. The lowest BCUT2D eigenvalue weighted by Gasteiger charge is -2.42. The van der Waals surface area contributed by atoms with Crippen LogP contribution in [-0.4, -0.2) is 36.6 Å². The zero-order chi connectivity index (χ0) is 11.4. The van der Waals surface area contributed by atoms with Gasteiger partial charge in [-0.2, -0.15) is 0 Å². The lowest BCUT2D eigenvalue weighted by Crippen LogP contribution is -2.50. The fourth-order valence-electron chi connectivity index (χ4n) is 3.70. The standard InChI is InChI=1S/C14H28N2/c1-3-6-13(7-4-2)16-9-5-8-12-10-15-11-14(12)16/h12-15H,3-11H2,1-2H3. The largest absolute Gasteiger partial charge is 0.315 e. The predicted octanol–water partition coefficient (Wildman–Crippen LogP) is 2.64. The first-order valence-electron chi connectivity index (χ1n) is 7.33. The number of piperidine rings is 1. The van der Waals surface area contributed by atoms with Crippen molar-refractivity contribution in [2.45, 2.75) is 64.5 Å². The minimum atomic E-state index is 0.858. The van der Waals surface area contributed by atoms with E-state index in [0.717, 1.165) is 18.0 Å². The average Bonchev–Trinajstić information content (AvgIpc) is 2.76. The lowest BCUT2D eigenvalue weighted by atomic mass is 9.89. The van der Waals surface area contributed by atoms with Crippen LogP contribution in [0, 0.1) is 5.92 Å². The monoisotopic (exact) mass is 224 g/mol. The molecule has 94 valence electrons.